The monoisotopic (exact) mass is 215 g/mol. The molecule has 1 rings (SSSR count). The Morgan fingerprint density at radius 3 is 2.87 bits per heavy atom. The van der Waals surface area contributed by atoms with Crippen LogP contribution in [0.4, 0.5) is 0 Å². The fourth-order valence-electron chi connectivity index (χ4n) is 1.78. The number of hydrogen-bond acceptors (Lipinski definition) is 4. The van der Waals surface area contributed by atoms with Crippen molar-refractivity contribution in [2.45, 2.75) is 32.0 Å². The van der Waals surface area contributed by atoms with Gasteiger partial charge in [0, 0.05) is 19.1 Å². The molecule has 0 saturated carbocycles. The molecule has 1 amide bonds. The Balaban J connectivity index is 2.50. The van der Waals surface area contributed by atoms with Gasteiger partial charge < -0.3 is 15.8 Å². The van der Waals surface area contributed by atoms with Gasteiger partial charge in [0.15, 0.2) is 0 Å². The number of nitrogens with one attached hydrogen (secondary N) is 1. The van der Waals surface area contributed by atoms with E-state index >= 15 is 0 Å². The van der Waals surface area contributed by atoms with E-state index in [1.807, 2.05) is 6.92 Å². The van der Waals surface area contributed by atoms with Crippen molar-refractivity contribution in [3.05, 3.63) is 0 Å². The molecule has 0 radical (unpaired) electrons. The van der Waals surface area contributed by atoms with Gasteiger partial charge in [-0.25, -0.2) is 0 Å². The number of rotatable bonds is 4. The lowest BCUT2D eigenvalue weighted by Gasteiger charge is -2.38. The van der Waals surface area contributed by atoms with Crippen LogP contribution in [0.25, 0.3) is 0 Å². The first-order valence-electron chi connectivity index (χ1n) is 5.36. The van der Waals surface area contributed by atoms with E-state index in [1.54, 1.807) is 7.05 Å². The molecule has 0 aliphatic carbocycles. The quantitative estimate of drug-likeness (QED) is 0.642. The second-order valence-electron chi connectivity index (χ2n) is 4.19. The second kappa shape index (κ2) is 5.44. The first kappa shape index (κ1) is 12.4. The predicted molar refractivity (Wildman–Crippen MR) is 58.5 cm³/mol. The molecule has 1 aliphatic rings. The van der Waals surface area contributed by atoms with E-state index in [4.69, 9.17) is 10.5 Å². The number of nitrogens with two attached hydrogens (primary N) is 1. The molecule has 5 heteroatoms. The van der Waals surface area contributed by atoms with Gasteiger partial charge in [-0.1, -0.05) is 0 Å². The van der Waals surface area contributed by atoms with Gasteiger partial charge in [0.2, 0.25) is 5.91 Å². The SMILES string of the molecule is CNC(CN1CC(C)OCC1C)C(N)=O. The van der Waals surface area contributed by atoms with Crippen molar-refractivity contribution in [1.82, 2.24) is 10.2 Å². The molecule has 3 N–H and O–H groups in total. The molecule has 0 aromatic heterocycles. The van der Waals surface area contributed by atoms with Crippen molar-refractivity contribution < 1.29 is 9.53 Å². The number of nitrogens with zero attached hydrogens (tertiary/aromatic N) is 1. The predicted octanol–water partition coefficient (Wildman–Crippen LogP) is -0.831. The van der Waals surface area contributed by atoms with Crippen LogP contribution in [0, 0.1) is 0 Å². The van der Waals surface area contributed by atoms with Crippen molar-refractivity contribution >= 4 is 5.91 Å². The third kappa shape index (κ3) is 3.44. The van der Waals surface area contributed by atoms with E-state index in [0.29, 0.717) is 12.6 Å². The van der Waals surface area contributed by atoms with Crippen molar-refractivity contribution in [1.29, 1.82) is 0 Å². The molecule has 5 nitrogen and oxygen atoms in total. The van der Waals surface area contributed by atoms with Gasteiger partial charge in [0.05, 0.1) is 18.8 Å². The number of carbonyl (C=O) groups is 1. The zero-order valence-electron chi connectivity index (χ0n) is 9.69. The summed E-state index contributed by atoms with van der Waals surface area (Å²) < 4.78 is 5.52. The van der Waals surface area contributed by atoms with Crippen LogP contribution in [0.1, 0.15) is 13.8 Å². The average Bonchev–Trinajstić information content (AvgIpc) is 2.18. The number of carbonyl (C=O) groups excluding carboxylic acids is 1. The Bertz CT molecular complexity index is 223. The van der Waals surface area contributed by atoms with Crippen LogP contribution in [0.2, 0.25) is 0 Å². The van der Waals surface area contributed by atoms with Crippen LogP contribution in [0.5, 0.6) is 0 Å². The molecular formula is C10H21N3O2. The number of hydrogen-bond donors (Lipinski definition) is 2. The molecule has 0 aromatic rings. The number of likely N-dealkylation sites (N-methyl/N-ethyl adjacent to an activating group) is 1. The maximum atomic E-state index is 11.1. The minimum Gasteiger partial charge on any atom is -0.376 e. The van der Waals surface area contributed by atoms with Crippen molar-refractivity contribution in [2.75, 3.05) is 26.7 Å². The summed E-state index contributed by atoms with van der Waals surface area (Å²) in [5.41, 5.74) is 5.29. The fourth-order valence-corrected chi connectivity index (χ4v) is 1.78. The lowest BCUT2D eigenvalue weighted by molar-refractivity contribution is -0.121. The largest absolute Gasteiger partial charge is 0.376 e. The van der Waals surface area contributed by atoms with E-state index in [2.05, 4.69) is 17.1 Å². The maximum Gasteiger partial charge on any atom is 0.235 e. The number of ether oxygens (including phenoxy) is 1. The standard InChI is InChI=1S/C10H21N3O2/c1-7-6-15-8(2)4-13(7)5-9(12-3)10(11)14/h7-9,12H,4-6H2,1-3H3,(H2,11,14). The molecule has 0 bridgehead atoms. The second-order valence-corrected chi connectivity index (χ2v) is 4.19. The topological polar surface area (TPSA) is 67.6 Å². The van der Waals surface area contributed by atoms with Gasteiger partial charge >= 0.3 is 0 Å². The maximum absolute atomic E-state index is 11.1. The minimum absolute atomic E-state index is 0.228. The van der Waals surface area contributed by atoms with Crippen LogP contribution >= 0.6 is 0 Å². The molecule has 3 unspecified atom stereocenters. The fraction of sp³-hybridized carbons (Fsp3) is 0.900. The molecule has 1 saturated heterocycles. The Labute approximate surface area is 90.9 Å². The van der Waals surface area contributed by atoms with E-state index in [0.717, 1.165) is 13.2 Å². The van der Waals surface area contributed by atoms with E-state index < -0.39 is 0 Å². The molecule has 1 fully saturated rings. The normalized spacial score (nSPS) is 30.1. The summed E-state index contributed by atoms with van der Waals surface area (Å²) >= 11 is 0. The lowest BCUT2D eigenvalue weighted by atomic mass is 10.1. The van der Waals surface area contributed by atoms with Gasteiger partial charge in [-0.2, -0.15) is 0 Å². The van der Waals surface area contributed by atoms with E-state index in [1.165, 1.54) is 0 Å². The molecule has 15 heavy (non-hydrogen) atoms. The van der Waals surface area contributed by atoms with Gasteiger partial charge in [-0.15, -0.1) is 0 Å². The number of primary amides is 1. The van der Waals surface area contributed by atoms with Crippen molar-refractivity contribution in [3.8, 4) is 0 Å². The van der Waals surface area contributed by atoms with Gasteiger partial charge in [-0.3, -0.25) is 9.69 Å². The first-order chi connectivity index (χ1) is 7.04. The van der Waals surface area contributed by atoms with E-state index in [-0.39, 0.29) is 18.1 Å². The summed E-state index contributed by atoms with van der Waals surface area (Å²) in [6.45, 7) is 6.36. The van der Waals surface area contributed by atoms with Crippen LogP contribution in [-0.4, -0.2) is 55.7 Å². The Morgan fingerprint density at radius 1 is 1.67 bits per heavy atom. The highest BCUT2D eigenvalue weighted by molar-refractivity contribution is 5.80. The summed E-state index contributed by atoms with van der Waals surface area (Å²) in [6, 6.07) is 0.0640. The zero-order valence-corrected chi connectivity index (χ0v) is 9.69. The minimum atomic E-state index is -0.302. The van der Waals surface area contributed by atoms with Gasteiger partial charge in [0.25, 0.3) is 0 Å². The molecule has 3 atom stereocenters. The highest BCUT2D eigenvalue weighted by Crippen LogP contribution is 2.11. The van der Waals surface area contributed by atoms with Crippen molar-refractivity contribution in [2.24, 2.45) is 5.73 Å². The summed E-state index contributed by atoms with van der Waals surface area (Å²) in [7, 11) is 1.75. The molecule has 1 heterocycles. The third-order valence-corrected chi connectivity index (χ3v) is 2.85. The summed E-state index contributed by atoms with van der Waals surface area (Å²) in [6.07, 6.45) is 0.228. The first-order valence-corrected chi connectivity index (χ1v) is 5.36. The molecule has 1 aliphatic heterocycles. The van der Waals surface area contributed by atoms with Gasteiger partial charge in [-0.05, 0) is 20.9 Å². The highest BCUT2D eigenvalue weighted by Gasteiger charge is 2.26. The van der Waals surface area contributed by atoms with Crippen LogP contribution in [-0.2, 0) is 9.53 Å². The van der Waals surface area contributed by atoms with E-state index in [9.17, 15) is 4.79 Å². The third-order valence-electron chi connectivity index (χ3n) is 2.85. The summed E-state index contributed by atoms with van der Waals surface area (Å²) in [4.78, 5) is 13.3. The molecule has 0 aromatic carbocycles. The summed E-state index contributed by atoms with van der Waals surface area (Å²) in [5.74, 6) is -0.302. The molecule has 88 valence electrons. The van der Waals surface area contributed by atoms with Gasteiger partial charge in [0.1, 0.15) is 0 Å². The van der Waals surface area contributed by atoms with Crippen LogP contribution < -0.4 is 11.1 Å². The van der Waals surface area contributed by atoms with Crippen LogP contribution in [0.3, 0.4) is 0 Å². The smallest absolute Gasteiger partial charge is 0.235 e. The Kier molecular flexibility index (Phi) is 4.50. The lowest BCUT2D eigenvalue weighted by Crippen LogP contribution is -2.55. The molecular weight excluding hydrogens is 194 g/mol. The number of amides is 1. The Morgan fingerprint density at radius 2 is 2.33 bits per heavy atom. The average molecular weight is 215 g/mol. The summed E-state index contributed by atoms with van der Waals surface area (Å²) in [5, 5.41) is 2.93. The zero-order chi connectivity index (χ0) is 11.4. The molecule has 0 spiro atoms. The highest BCUT2D eigenvalue weighted by atomic mass is 16.5. The number of morpholine rings is 1. The van der Waals surface area contributed by atoms with Crippen LogP contribution in [0.15, 0.2) is 0 Å². The van der Waals surface area contributed by atoms with Crippen molar-refractivity contribution in [3.63, 3.8) is 0 Å². The Hall–Kier alpha value is -0.650.